The van der Waals surface area contributed by atoms with Crippen molar-refractivity contribution in [2.45, 2.75) is 13.5 Å². The lowest BCUT2D eigenvalue weighted by Gasteiger charge is -2.14. The van der Waals surface area contributed by atoms with E-state index in [2.05, 4.69) is 0 Å². The number of benzene rings is 1. The number of likely N-dealkylation sites (N-methyl/N-ethyl adjacent to an activating group) is 1. The summed E-state index contributed by atoms with van der Waals surface area (Å²) in [6.45, 7) is 2.63. The van der Waals surface area contributed by atoms with Crippen LogP contribution in [0.4, 0.5) is 4.39 Å². The van der Waals surface area contributed by atoms with Crippen LogP contribution >= 0.6 is 11.3 Å². The first-order valence-electron chi connectivity index (χ1n) is 6.28. The lowest BCUT2D eigenvalue weighted by Crippen LogP contribution is -2.23. The summed E-state index contributed by atoms with van der Waals surface area (Å²) in [6.07, 6.45) is 3.10. The molecule has 0 fully saturated rings. The standard InChI is InChI=1S/C16H16FNOS/c1-12-8-9-20-15(12)11-18(2)16(19)7-6-13-4-3-5-14(17)10-13/h3-10H,11H2,1-2H3. The number of carbonyl (C=O) groups is 1. The Hall–Kier alpha value is -1.94. The van der Waals surface area contributed by atoms with Crippen molar-refractivity contribution >= 4 is 23.3 Å². The van der Waals surface area contributed by atoms with Gasteiger partial charge < -0.3 is 4.90 Å². The summed E-state index contributed by atoms with van der Waals surface area (Å²) in [5.74, 6) is -0.399. The molecule has 20 heavy (non-hydrogen) atoms. The van der Waals surface area contributed by atoms with E-state index in [1.54, 1.807) is 41.5 Å². The second kappa shape index (κ2) is 6.48. The van der Waals surface area contributed by atoms with Crippen LogP contribution in [-0.2, 0) is 11.3 Å². The number of halogens is 1. The lowest BCUT2D eigenvalue weighted by atomic mass is 10.2. The normalized spacial score (nSPS) is 10.9. The quantitative estimate of drug-likeness (QED) is 0.782. The minimum Gasteiger partial charge on any atom is -0.337 e. The number of nitrogens with zero attached hydrogens (tertiary/aromatic N) is 1. The van der Waals surface area contributed by atoms with Gasteiger partial charge in [0.05, 0.1) is 6.54 Å². The molecule has 0 bridgehead atoms. The Balaban J connectivity index is 1.99. The highest BCUT2D eigenvalue weighted by Gasteiger charge is 2.08. The van der Waals surface area contributed by atoms with Crippen LogP contribution in [0, 0.1) is 12.7 Å². The van der Waals surface area contributed by atoms with Crippen molar-refractivity contribution in [1.29, 1.82) is 0 Å². The molecular formula is C16H16FNOS. The molecule has 1 aromatic heterocycles. The third-order valence-corrected chi connectivity index (χ3v) is 4.00. The second-order valence-electron chi connectivity index (χ2n) is 4.61. The molecule has 0 atom stereocenters. The highest BCUT2D eigenvalue weighted by Crippen LogP contribution is 2.17. The molecule has 0 aliphatic heterocycles. The third-order valence-electron chi connectivity index (χ3n) is 2.99. The van der Waals surface area contributed by atoms with Crippen LogP contribution in [0.25, 0.3) is 6.08 Å². The van der Waals surface area contributed by atoms with E-state index in [-0.39, 0.29) is 11.7 Å². The highest BCUT2D eigenvalue weighted by molar-refractivity contribution is 7.10. The van der Waals surface area contributed by atoms with Crippen LogP contribution in [0.3, 0.4) is 0 Å². The van der Waals surface area contributed by atoms with Gasteiger partial charge in [-0.3, -0.25) is 4.79 Å². The Bertz CT molecular complexity index is 633. The average Bonchev–Trinajstić information content (AvgIpc) is 2.81. The summed E-state index contributed by atoms with van der Waals surface area (Å²) < 4.78 is 13.0. The van der Waals surface area contributed by atoms with E-state index in [1.165, 1.54) is 28.6 Å². The van der Waals surface area contributed by atoms with Crippen LogP contribution < -0.4 is 0 Å². The minimum atomic E-state index is -0.304. The first-order chi connectivity index (χ1) is 9.56. The fourth-order valence-corrected chi connectivity index (χ4v) is 2.72. The predicted octanol–water partition coefficient (Wildman–Crippen LogP) is 3.87. The number of aryl methyl sites for hydroxylation is 1. The maximum atomic E-state index is 13.0. The Labute approximate surface area is 122 Å². The molecule has 1 aromatic carbocycles. The van der Waals surface area contributed by atoms with Gasteiger partial charge in [0, 0.05) is 18.0 Å². The number of amides is 1. The minimum absolute atomic E-state index is 0.0953. The van der Waals surface area contributed by atoms with E-state index < -0.39 is 0 Å². The predicted molar refractivity (Wildman–Crippen MR) is 81.0 cm³/mol. The molecule has 2 rings (SSSR count). The van der Waals surface area contributed by atoms with E-state index in [0.717, 1.165) is 0 Å². The third kappa shape index (κ3) is 3.78. The summed E-state index contributed by atoms with van der Waals surface area (Å²) in [6, 6.07) is 8.20. The SMILES string of the molecule is Cc1ccsc1CN(C)C(=O)C=Cc1cccc(F)c1. The summed E-state index contributed by atoms with van der Waals surface area (Å²) in [4.78, 5) is 14.8. The van der Waals surface area contributed by atoms with Gasteiger partial charge in [-0.2, -0.15) is 0 Å². The van der Waals surface area contributed by atoms with Gasteiger partial charge in [0.1, 0.15) is 5.82 Å². The highest BCUT2D eigenvalue weighted by atomic mass is 32.1. The van der Waals surface area contributed by atoms with Crippen LogP contribution in [0.1, 0.15) is 16.0 Å². The molecule has 0 radical (unpaired) electrons. The van der Waals surface area contributed by atoms with Crippen molar-refractivity contribution in [2.75, 3.05) is 7.05 Å². The largest absolute Gasteiger partial charge is 0.337 e. The maximum absolute atomic E-state index is 13.0. The van der Waals surface area contributed by atoms with E-state index in [9.17, 15) is 9.18 Å². The summed E-state index contributed by atoms with van der Waals surface area (Å²) in [5, 5.41) is 2.02. The van der Waals surface area contributed by atoms with Crippen LogP contribution in [-0.4, -0.2) is 17.9 Å². The molecule has 104 valence electrons. The topological polar surface area (TPSA) is 20.3 Å². The van der Waals surface area contributed by atoms with Crippen LogP contribution in [0.5, 0.6) is 0 Å². The van der Waals surface area contributed by atoms with Crippen molar-refractivity contribution < 1.29 is 9.18 Å². The molecule has 2 aromatic rings. The molecule has 0 saturated heterocycles. The molecule has 0 saturated carbocycles. The van der Waals surface area contributed by atoms with Crippen molar-refractivity contribution in [2.24, 2.45) is 0 Å². The van der Waals surface area contributed by atoms with Crippen LogP contribution in [0.2, 0.25) is 0 Å². The monoisotopic (exact) mass is 289 g/mol. The molecule has 0 aliphatic rings. The molecular weight excluding hydrogens is 273 g/mol. The van der Waals surface area contributed by atoms with Gasteiger partial charge >= 0.3 is 0 Å². The number of carbonyl (C=O) groups excluding carboxylic acids is 1. The molecule has 2 nitrogen and oxygen atoms in total. The molecule has 0 unspecified atom stereocenters. The van der Waals surface area contributed by atoms with Gasteiger partial charge in [0.25, 0.3) is 0 Å². The fourth-order valence-electron chi connectivity index (χ4n) is 1.76. The Morgan fingerprint density at radius 3 is 2.85 bits per heavy atom. The van der Waals surface area contributed by atoms with Gasteiger partial charge in [0.15, 0.2) is 0 Å². The van der Waals surface area contributed by atoms with E-state index in [4.69, 9.17) is 0 Å². The number of hydrogen-bond donors (Lipinski definition) is 0. The molecule has 0 spiro atoms. The molecule has 0 aliphatic carbocycles. The summed E-state index contributed by atoms with van der Waals surface area (Å²) in [7, 11) is 1.76. The smallest absolute Gasteiger partial charge is 0.246 e. The van der Waals surface area contributed by atoms with Crippen LogP contribution in [0.15, 0.2) is 41.8 Å². The molecule has 1 heterocycles. The first kappa shape index (κ1) is 14.5. The fraction of sp³-hybridized carbons (Fsp3) is 0.188. The zero-order valence-corrected chi connectivity index (χ0v) is 12.3. The maximum Gasteiger partial charge on any atom is 0.246 e. The first-order valence-corrected chi connectivity index (χ1v) is 7.16. The van der Waals surface area contributed by atoms with E-state index >= 15 is 0 Å². The van der Waals surface area contributed by atoms with Crippen molar-refractivity contribution in [3.8, 4) is 0 Å². The zero-order valence-electron chi connectivity index (χ0n) is 11.5. The van der Waals surface area contributed by atoms with E-state index in [1.807, 2.05) is 18.4 Å². The van der Waals surface area contributed by atoms with Gasteiger partial charge in [-0.1, -0.05) is 12.1 Å². The summed E-state index contributed by atoms with van der Waals surface area (Å²) in [5.41, 5.74) is 1.88. The lowest BCUT2D eigenvalue weighted by molar-refractivity contribution is -0.125. The molecule has 0 N–H and O–H groups in total. The Kier molecular flexibility index (Phi) is 4.69. The Morgan fingerprint density at radius 2 is 2.20 bits per heavy atom. The van der Waals surface area contributed by atoms with Crippen molar-refractivity contribution in [3.63, 3.8) is 0 Å². The van der Waals surface area contributed by atoms with Gasteiger partial charge in [-0.25, -0.2) is 4.39 Å². The van der Waals surface area contributed by atoms with Crippen molar-refractivity contribution in [3.05, 3.63) is 63.6 Å². The molecule has 1 amide bonds. The van der Waals surface area contributed by atoms with Gasteiger partial charge in [-0.15, -0.1) is 11.3 Å². The number of rotatable bonds is 4. The average molecular weight is 289 g/mol. The molecule has 4 heteroatoms. The van der Waals surface area contributed by atoms with Crippen molar-refractivity contribution in [1.82, 2.24) is 4.90 Å². The van der Waals surface area contributed by atoms with Gasteiger partial charge in [0.2, 0.25) is 5.91 Å². The number of hydrogen-bond acceptors (Lipinski definition) is 2. The van der Waals surface area contributed by atoms with Gasteiger partial charge in [-0.05, 0) is 47.7 Å². The zero-order chi connectivity index (χ0) is 14.5. The summed E-state index contributed by atoms with van der Waals surface area (Å²) >= 11 is 1.64. The number of thiophene rings is 1. The Morgan fingerprint density at radius 1 is 1.40 bits per heavy atom. The second-order valence-corrected chi connectivity index (χ2v) is 5.61. The van der Waals surface area contributed by atoms with E-state index in [0.29, 0.717) is 12.1 Å².